The third-order valence-electron chi connectivity index (χ3n) is 3.38. The number of carbonyl (C=O) groups excluding carboxylic acids is 1. The van der Waals surface area contributed by atoms with Crippen LogP contribution in [0.5, 0.6) is 5.75 Å². The number of carboxylic acid groups (broad SMARTS) is 1. The molecule has 1 N–H and O–H groups in total. The van der Waals surface area contributed by atoms with Crippen molar-refractivity contribution in [1.29, 1.82) is 0 Å². The molecule has 0 aliphatic carbocycles. The molecule has 2 aromatic carbocycles. The zero-order valence-electron chi connectivity index (χ0n) is 13.6. The molecule has 0 aliphatic rings. The molecule has 0 atom stereocenters. The molecule has 2 aromatic rings. The molecule has 0 saturated heterocycles. The largest absolute Gasteiger partial charge is 0.478 e. The molecule has 122 valence electrons. The van der Waals surface area contributed by atoms with E-state index in [1.807, 2.05) is 36.4 Å². The lowest BCUT2D eigenvalue weighted by molar-refractivity contribution is -0.132. The minimum Gasteiger partial charge on any atom is -0.478 e. The second-order valence-corrected chi connectivity index (χ2v) is 5.45. The van der Waals surface area contributed by atoms with Gasteiger partial charge in [-0.3, -0.25) is 0 Å². The van der Waals surface area contributed by atoms with Gasteiger partial charge in [-0.15, -0.1) is 0 Å². The van der Waals surface area contributed by atoms with E-state index in [1.165, 1.54) is 0 Å². The molecule has 24 heavy (non-hydrogen) atoms. The fourth-order valence-corrected chi connectivity index (χ4v) is 1.99. The first-order valence-electron chi connectivity index (χ1n) is 7.36. The summed E-state index contributed by atoms with van der Waals surface area (Å²) in [6, 6.07) is 14.7. The molecule has 4 heteroatoms. The van der Waals surface area contributed by atoms with Crippen LogP contribution < -0.4 is 4.74 Å². The number of ether oxygens (including phenoxy) is 1. The van der Waals surface area contributed by atoms with E-state index in [4.69, 9.17) is 9.84 Å². The van der Waals surface area contributed by atoms with Crippen LogP contribution in [0.25, 0.3) is 17.2 Å². The maximum Gasteiger partial charge on any atom is 0.338 e. The standard InChI is InChI=1S/C20H18O4/c1-13(2)20(23)24-18-10-8-17(9-11-18)16-6-4-15(5-7-16)12-14(3)19(21)22/h4-12H,1H2,2-3H3,(H,21,22)/b14-12+. The predicted octanol–water partition coefficient (Wildman–Crippen LogP) is 4.32. The van der Waals surface area contributed by atoms with Crippen molar-refractivity contribution in [2.45, 2.75) is 13.8 Å². The lowest BCUT2D eigenvalue weighted by Crippen LogP contribution is -2.07. The Morgan fingerprint density at radius 1 is 0.958 bits per heavy atom. The molecule has 0 bridgehead atoms. The first-order valence-corrected chi connectivity index (χ1v) is 7.36. The van der Waals surface area contributed by atoms with Crippen molar-refractivity contribution in [3.05, 3.63) is 71.8 Å². The Balaban J connectivity index is 2.15. The van der Waals surface area contributed by atoms with Crippen molar-refractivity contribution in [3.8, 4) is 16.9 Å². The Morgan fingerprint density at radius 3 is 1.92 bits per heavy atom. The van der Waals surface area contributed by atoms with E-state index < -0.39 is 11.9 Å². The summed E-state index contributed by atoms with van der Waals surface area (Å²) in [5.74, 6) is -0.921. The highest BCUT2D eigenvalue weighted by Gasteiger charge is 2.06. The molecule has 0 fully saturated rings. The van der Waals surface area contributed by atoms with Crippen LogP contribution in [0.3, 0.4) is 0 Å². The topological polar surface area (TPSA) is 63.6 Å². The summed E-state index contributed by atoms with van der Waals surface area (Å²) in [5, 5.41) is 8.89. The van der Waals surface area contributed by atoms with Crippen LogP contribution in [0.4, 0.5) is 0 Å². The highest BCUT2D eigenvalue weighted by Crippen LogP contribution is 2.23. The van der Waals surface area contributed by atoms with Crippen molar-refractivity contribution in [1.82, 2.24) is 0 Å². The van der Waals surface area contributed by atoms with Gasteiger partial charge in [0.05, 0.1) is 0 Å². The zero-order valence-corrected chi connectivity index (χ0v) is 13.6. The van der Waals surface area contributed by atoms with Gasteiger partial charge in [0.15, 0.2) is 0 Å². The van der Waals surface area contributed by atoms with E-state index in [1.54, 1.807) is 32.1 Å². The molecule has 4 nitrogen and oxygen atoms in total. The third kappa shape index (κ3) is 4.43. The van der Waals surface area contributed by atoms with Crippen molar-refractivity contribution in [2.24, 2.45) is 0 Å². The van der Waals surface area contributed by atoms with Gasteiger partial charge in [0.25, 0.3) is 0 Å². The van der Waals surface area contributed by atoms with Gasteiger partial charge in [0.2, 0.25) is 0 Å². The molecule has 0 amide bonds. The van der Waals surface area contributed by atoms with Crippen molar-refractivity contribution in [2.75, 3.05) is 0 Å². The molecular weight excluding hydrogens is 304 g/mol. The number of carboxylic acids is 1. The smallest absolute Gasteiger partial charge is 0.338 e. The van der Waals surface area contributed by atoms with Gasteiger partial charge < -0.3 is 9.84 Å². The number of aliphatic carboxylic acids is 1. The van der Waals surface area contributed by atoms with Crippen LogP contribution >= 0.6 is 0 Å². The Hall–Kier alpha value is -3.14. The van der Waals surface area contributed by atoms with Gasteiger partial charge >= 0.3 is 11.9 Å². The fourth-order valence-electron chi connectivity index (χ4n) is 1.99. The number of rotatable bonds is 5. The lowest BCUT2D eigenvalue weighted by Gasteiger charge is -2.06. The molecule has 0 heterocycles. The minimum absolute atomic E-state index is 0.284. The zero-order chi connectivity index (χ0) is 17.7. The van der Waals surface area contributed by atoms with Gasteiger partial charge in [-0.2, -0.15) is 0 Å². The Bertz CT molecular complexity index is 797. The van der Waals surface area contributed by atoms with E-state index >= 15 is 0 Å². The maximum absolute atomic E-state index is 11.5. The molecular formula is C20H18O4. The summed E-state index contributed by atoms with van der Waals surface area (Å²) in [6.07, 6.45) is 1.62. The lowest BCUT2D eigenvalue weighted by atomic mass is 10.0. The first-order chi connectivity index (χ1) is 11.4. The molecule has 0 saturated carbocycles. The van der Waals surface area contributed by atoms with Crippen LogP contribution in [-0.4, -0.2) is 17.0 Å². The number of carbonyl (C=O) groups is 2. The first kappa shape index (κ1) is 17.2. The monoisotopic (exact) mass is 322 g/mol. The Kier molecular flexibility index (Phi) is 5.32. The van der Waals surface area contributed by atoms with Crippen LogP contribution in [0.2, 0.25) is 0 Å². The van der Waals surface area contributed by atoms with Crippen LogP contribution in [0.1, 0.15) is 19.4 Å². The fraction of sp³-hybridized carbons (Fsp3) is 0.100. The Labute approximate surface area is 140 Å². The summed E-state index contributed by atoms with van der Waals surface area (Å²) in [4.78, 5) is 22.3. The van der Waals surface area contributed by atoms with E-state index in [2.05, 4.69) is 6.58 Å². The van der Waals surface area contributed by atoms with Gasteiger partial charge in [-0.1, -0.05) is 43.0 Å². The number of hydrogen-bond acceptors (Lipinski definition) is 3. The number of benzene rings is 2. The normalized spacial score (nSPS) is 11.0. The second-order valence-electron chi connectivity index (χ2n) is 5.45. The van der Waals surface area contributed by atoms with Gasteiger partial charge in [0, 0.05) is 11.1 Å². The molecule has 0 aliphatic heterocycles. The quantitative estimate of drug-likeness (QED) is 0.506. The number of esters is 1. The summed E-state index contributed by atoms with van der Waals surface area (Å²) in [5.41, 5.74) is 3.41. The van der Waals surface area contributed by atoms with Crippen LogP contribution in [0.15, 0.2) is 66.3 Å². The summed E-state index contributed by atoms with van der Waals surface area (Å²) >= 11 is 0. The summed E-state index contributed by atoms with van der Waals surface area (Å²) in [7, 11) is 0. The second kappa shape index (κ2) is 7.42. The minimum atomic E-state index is -0.932. The maximum atomic E-state index is 11.5. The SMILES string of the molecule is C=C(C)C(=O)Oc1ccc(-c2ccc(/C=C(\C)C(=O)O)cc2)cc1. The van der Waals surface area contributed by atoms with E-state index in [0.717, 1.165) is 16.7 Å². The van der Waals surface area contributed by atoms with Gasteiger partial charge in [-0.05, 0) is 48.7 Å². The van der Waals surface area contributed by atoms with E-state index in [9.17, 15) is 9.59 Å². The molecule has 0 radical (unpaired) electrons. The number of hydrogen-bond donors (Lipinski definition) is 1. The van der Waals surface area contributed by atoms with E-state index in [0.29, 0.717) is 11.3 Å². The average molecular weight is 322 g/mol. The third-order valence-corrected chi connectivity index (χ3v) is 3.38. The predicted molar refractivity (Wildman–Crippen MR) is 93.6 cm³/mol. The molecule has 2 rings (SSSR count). The molecule has 0 aromatic heterocycles. The van der Waals surface area contributed by atoms with Crippen LogP contribution in [0, 0.1) is 0 Å². The van der Waals surface area contributed by atoms with Crippen molar-refractivity contribution in [3.63, 3.8) is 0 Å². The highest BCUT2D eigenvalue weighted by atomic mass is 16.5. The van der Waals surface area contributed by atoms with Gasteiger partial charge in [-0.25, -0.2) is 9.59 Å². The summed E-state index contributed by atoms with van der Waals surface area (Å²) in [6.45, 7) is 6.69. The summed E-state index contributed by atoms with van der Waals surface area (Å²) < 4.78 is 5.15. The molecule has 0 spiro atoms. The average Bonchev–Trinajstić information content (AvgIpc) is 2.56. The molecule has 0 unspecified atom stereocenters. The highest BCUT2D eigenvalue weighted by molar-refractivity contribution is 5.91. The van der Waals surface area contributed by atoms with Crippen LogP contribution in [-0.2, 0) is 9.59 Å². The Morgan fingerprint density at radius 2 is 1.46 bits per heavy atom. The van der Waals surface area contributed by atoms with E-state index in [-0.39, 0.29) is 5.57 Å². The van der Waals surface area contributed by atoms with Crippen molar-refractivity contribution >= 4 is 18.0 Å². The van der Waals surface area contributed by atoms with Crippen molar-refractivity contribution < 1.29 is 19.4 Å². The van der Waals surface area contributed by atoms with Gasteiger partial charge in [0.1, 0.15) is 5.75 Å².